The van der Waals surface area contributed by atoms with Crippen molar-refractivity contribution in [2.24, 2.45) is 0 Å². The number of esters is 1. The Morgan fingerprint density at radius 2 is 1.45 bits per heavy atom. The van der Waals surface area contributed by atoms with E-state index in [2.05, 4.69) is 10.6 Å². The van der Waals surface area contributed by atoms with Gasteiger partial charge in [-0.05, 0) is 85.8 Å². The lowest BCUT2D eigenvalue weighted by atomic mass is 10.1. The molecule has 0 bridgehead atoms. The number of hydrogen-bond donors (Lipinski definition) is 2. The number of ether oxygens (including phenoxy) is 2. The van der Waals surface area contributed by atoms with Crippen LogP contribution in [0.4, 0.5) is 17.1 Å². The third-order valence-corrected chi connectivity index (χ3v) is 6.50. The molecule has 4 aromatic carbocycles. The average molecular weight is 582 g/mol. The molecule has 5 rings (SSSR count). The highest BCUT2D eigenvalue weighted by atomic mass is 35.5. The molecule has 4 aromatic rings. The van der Waals surface area contributed by atoms with Crippen molar-refractivity contribution in [3.63, 3.8) is 0 Å². The van der Waals surface area contributed by atoms with E-state index in [4.69, 9.17) is 21.1 Å². The molecular formula is C32H24ClN3O6. The summed E-state index contributed by atoms with van der Waals surface area (Å²) in [7, 11) is 0. The van der Waals surface area contributed by atoms with Crippen LogP contribution in [0.2, 0.25) is 0 Å². The van der Waals surface area contributed by atoms with Gasteiger partial charge in [0.1, 0.15) is 22.2 Å². The number of nitrogens with zero attached hydrogens (tertiary/aromatic N) is 1. The zero-order valence-electron chi connectivity index (χ0n) is 22.3. The van der Waals surface area contributed by atoms with Gasteiger partial charge in [0, 0.05) is 16.9 Å². The van der Waals surface area contributed by atoms with Gasteiger partial charge in [-0.2, -0.15) is 0 Å². The number of imide groups is 1. The quantitative estimate of drug-likeness (QED) is 0.175. The number of hydrogen-bond acceptors (Lipinski definition) is 7. The number of carbonyl (C=O) groups excluding carboxylic acids is 4. The number of para-hydroxylation sites is 1. The van der Waals surface area contributed by atoms with Crippen molar-refractivity contribution in [2.45, 2.75) is 6.92 Å². The summed E-state index contributed by atoms with van der Waals surface area (Å²) in [6.45, 7) is 1.92. The molecule has 0 aliphatic carbocycles. The Hall–Kier alpha value is -5.41. The highest BCUT2D eigenvalue weighted by Gasteiger charge is 2.39. The summed E-state index contributed by atoms with van der Waals surface area (Å²) in [6.07, 6.45) is 0. The molecule has 0 saturated heterocycles. The van der Waals surface area contributed by atoms with Gasteiger partial charge in [-0.3, -0.25) is 14.4 Å². The number of anilines is 3. The second-order valence-electron chi connectivity index (χ2n) is 9.00. The monoisotopic (exact) mass is 581 g/mol. The van der Waals surface area contributed by atoms with Crippen LogP contribution in [0.25, 0.3) is 0 Å². The van der Waals surface area contributed by atoms with Gasteiger partial charge < -0.3 is 20.1 Å². The largest absolute Gasteiger partial charge is 0.462 e. The Morgan fingerprint density at radius 3 is 2.14 bits per heavy atom. The van der Waals surface area contributed by atoms with Gasteiger partial charge in [-0.15, -0.1) is 0 Å². The molecule has 210 valence electrons. The van der Waals surface area contributed by atoms with Crippen molar-refractivity contribution in [1.82, 2.24) is 0 Å². The highest BCUT2D eigenvalue weighted by Crippen LogP contribution is 2.31. The predicted octanol–water partition coefficient (Wildman–Crippen LogP) is 6.34. The molecule has 1 heterocycles. The zero-order chi connectivity index (χ0) is 29.6. The summed E-state index contributed by atoms with van der Waals surface area (Å²) in [5, 5.41) is 5.39. The second-order valence-corrected chi connectivity index (χ2v) is 9.38. The van der Waals surface area contributed by atoms with Crippen molar-refractivity contribution in [3.05, 3.63) is 125 Å². The van der Waals surface area contributed by atoms with Gasteiger partial charge in [0.05, 0.1) is 17.9 Å². The maximum absolute atomic E-state index is 13.2. The molecule has 3 amide bonds. The fourth-order valence-electron chi connectivity index (χ4n) is 4.12. The fourth-order valence-corrected chi connectivity index (χ4v) is 4.34. The van der Waals surface area contributed by atoms with E-state index >= 15 is 0 Å². The van der Waals surface area contributed by atoms with Gasteiger partial charge in [-0.25, -0.2) is 9.69 Å². The Balaban J connectivity index is 1.25. The van der Waals surface area contributed by atoms with Gasteiger partial charge in [-0.1, -0.05) is 35.9 Å². The van der Waals surface area contributed by atoms with Gasteiger partial charge in [0.15, 0.2) is 0 Å². The predicted molar refractivity (Wildman–Crippen MR) is 159 cm³/mol. The summed E-state index contributed by atoms with van der Waals surface area (Å²) < 4.78 is 10.7. The molecule has 0 unspecified atom stereocenters. The van der Waals surface area contributed by atoms with Crippen LogP contribution in [0.5, 0.6) is 11.5 Å². The van der Waals surface area contributed by atoms with E-state index in [0.717, 1.165) is 4.90 Å². The maximum Gasteiger partial charge on any atom is 0.338 e. The number of benzene rings is 4. The van der Waals surface area contributed by atoms with E-state index in [1.54, 1.807) is 49.4 Å². The van der Waals surface area contributed by atoms with Crippen LogP contribution < -0.4 is 20.3 Å². The highest BCUT2D eigenvalue weighted by molar-refractivity contribution is 6.53. The zero-order valence-corrected chi connectivity index (χ0v) is 23.1. The molecular weight excluding hydrogens is 558 g/mol. The molecule has 0 fully saturated rings. The molecule has 0 saturated carbocycles. The second kappa shape index (κ2) is 12.4. The normalized spacial score (nSPS) is 12.8. The minimum atomic E-state index is -0.721. The number of carbonyl (C=O) groups is 4. The fraction of sp³-hybridized carbons (Fsp3) is 0.0625. The number of rotatable bonds is 9. The van der Waals surface area contributed by atoms with Gasteiger partial charge in [0.2, 0.25) is 0 Å². The first kappa shape index (κ1) is 28.1. The van der Waals surface area contributed by atoms with Crippen LogP contribution in [0.1, 0.15) is 27.6 Å². The van der Waals surface area contributed by atoms with Crippen LogP contribution in [0.3, 0.4) is 0 Å². The first-order chi connectivity index (χ1) is 20.3. The number of halogens is 1. The molecule has 0 atom stereocenters. The molecule has 9 nitrogen and oxygen atoms in total. The number of amides is 3. The van der Waals surface area contributed by atoms with Crippen LogP contribution in [0, 0.1) is 0 Å². The average Bonchev–Trinajstić information content (AvgIpc) is 3.21. The van der Waals surface area contributed by atoms with Crippen molar-refractivity contribution < 1.29 is 28.7 Å². The van der Waals surface area contributed by atoms with E-state index in [1.165, 1.54) is 30.3 Å². The Bertz CT molecular complexity index is 1690. The first-order valence-electron chi connectivity index (χ1n) is 12.9. The molecule has 0 spiro atoms. The van der Waals surface area contributed by atoms with Crippen molar-refractivity contribution in [2.75, 3.05) is 22.1 Å². The van der Waals surface area contributed by atoms with E-state index in [9.17, 15) is 19.2 Å². The Kier molecular flexibility index (Phi) is 8.31. The number of nitrogens with one attached hydrogen (secondary N) is 2. The standard InChI is InChI=1S/C32H24ClN3O6/c1-2-41-32(40)20-11-15-24(16-12-20)36-30(38)27(33)28(31(36)39)34-23-8-6-7-21(19-23)29(37)35-22-13-17-26(18-14-22)42-25-9-4-3-5-10-25/h3-19,34H,2H2,1H3,(H,35,37). The topological polar surface area (TPSA) is 114 Å². The maximum atomic E-state index is 13.2. The summed E-state index contributed by atoms with van der Waals surface area (Å²) >= 11 is 6.26. The SMILES string of the molecule is CCOC(=O)c1ccc(N2C(=O)C(Cl)=C(Nc3cccc(C(=O)Nc4ccc(Oc5ccccc5)cc4)c3)C2=O)cc1. The lowest BCUT2D eigenvalue weighted by Gasteiger charge is -2.15. The summed E-state index contributed by atoms with van der Waals surface area (Å²) in [4.78, 5) is 51.8. The molecule has 0 radical (unpaired) electrons. The third kappa shape index (κ3) is 6.16. The molecule has 2 N–H and O–H groups in total. The van der Waals surface area contributed by atoms with Crippen LogP contribution in [0.15, 0.2) is 114 Å². The van der Waals surface area contributed by atoms with E-state index in [0.29, 0.717) is 28.4 Å². The smallest absolute Gasteiger partial charge is 0.338 e. The Morgan fingerprint density at radius 1 is 0.762 bits per heavy atom. The van der Waals surface area contributed by atoms with Crippen LogP contribution >= 0.6 is 11.6 Å². The van der Waals surface area contributed by atoms with Crippen molar-refractivity contribution in [3.8, 4) is 11.5 Å². The summed E-state index contributed by atoms with van der Waals surface area (Å²) in [5.41, 5.74) is 1.63. The molecule has 0 aromatic heterocycles. The van der Waals surface area contributed by atoms with Gasteiger partial charge in [0.25, 0.3) is 17.7 Å². The molecule has 10 heteroatoms. The van der Waals surface area contributed by atoms with E-state index in [1.807, 2.05) is 30.3 Å². The third-order valence-electron chi connectivity index (χ3n) is 6.15. The Labute approximate surface area is 246 Å². The van der Waals surface area contributed by atoms with Crippen LogP contribution in [-0.2, 0) is 14.3 Å². The van der Waals surface area contributed by atoms with E-state index in [-0.39, 0.29) is 34.5 Å². The first-order valence-corrected chi connectivity index (χ1v) is 13.3. The van der Waals surface area contributed by atoms with E-state index < -0.39 is 17.8 Å². The minimum Gasteiger partial charge on any atom is -0.462 e. The van der Waals surface area contributed by atoms with Gasteiger partial charge >= 0.3 is 5.97 Å². The van der Waals surface area contributed by atoms with Crippen LogP contribution in [-0.4, -0.2) is 30.3 Å². The summed E-state index contributed by atoms with van der Waals surface area (Å²) in [5.74, 6) is -0.975. The minimum absolute atomic E-state index is 0.136. The molecule has 1 aliphatic heterocycles. The van der Waals surface area contributed by atoms with Crippen molar-refractivity contribution in [1.29, 1.82) is 0 Å². The molecule has 1 aliphatic rings. The lowest BCUT2D eigenvalue weighted by molar-refractivity contribution is -0.120. The lowest BCUT2D eigenvalue weighted by Crippen LogP contribution is -2.32. The summed E-state index contributed by atoms with van der Waals surface area (Å²) in [6, 6.07) is 28.5. The van der Waals surface area contributed by atoms with Crippen molar-refractivity contribution >= 4 is 52.4 Å². The molecule has 42 heavy (non-hydrogen) atoms.